The fraction of sp³-hybridized carbons (Fsp3) is 0.200. The molecule has 5 nitrogen and oxygen atoms in total. The zero-order valence-electron chi connectivity index (χ0n) is 11.5. The molecule has 0 bridgehead atoms. The Balaban J connectivity index is 2.25. The van der Waals surface area contributed by atoms with Crippen molar-refractivity contribution in [2.24, 2.45) is 0 Å². The molecule has 0 amide bonds. The van der Waals surface area contributed by atoms with E-state index in [2.05, 4.69) is 10.3 Å². The Morgan fingerprint density at radius 3 is 2.85 bits per heavy atom. The average molecular weight is 271 g/mol. The fourth-order valence-electron chi connectivity index (χ4n) is 1.92. The number of ether oxygens (including phenoxy) is 1. The van der Waals surface area contributed by atoms with E-state index >= 15 is 0 Å². The minimum absolute atomic E-state index is 0.418. The van der Waals surface area contributed by atoms with Crippen molar-refractivity contribution < 1.29 is 9.53 Å². The number of rotatable bonds is 4. The molecule has 0 spiro atoms. The van der Waals surface area contributed by atoms with Gasteiger partial charge in [-0.05, 0) is 30.7 Å². The number of anilines is 2. The van der Waals surface area contributed by atoms with E-state index in [9.17, 15) is 4.79 Å². The minimum atomic E-state index is -0.419. The smallest absolute Gasteiger partial charge is 0.340 e. The summed E-state index contributed by atoms with van der Waals surface area (Å²) in [5.74, 6) is -0.419. The average Bonchev–Trinajstić information content (AvgIpc) is 2.46. The van der Waals surface area contributed by atoms with Crippen molar-refractivity contribution in [2.75, 3.05) is 18.2 Å². The van der Waals surface area contributed by atoms with Crippen LogP contribution in [-0.2, 0) is 11.3 Å². The standard InChI is InChI=1S/C15H17N3O2/c1-10-5-4-8-17-13(10)9-18-14-11(15(19)20-2)6-3-7-12(14)16/h3-8,18H,9,16H2,1-2H3. The summed E-state index contributed by atoms with van der Waals surface area (Å²) in [6.45, 7) is 2.48. The third-order valence-corrected chi connectivity index (χ3v) is 3.05. The molecule has 0 aliphatic carbocycles. The first-order chi connectivity index (χ1) is 9.63. The number of benzene rings is 1. The summed E-state index contributed by atoms with van der Waals surface area (Å²) in [6.07, 6.45) is 1.74. The zero-order valence-corrected chi connectivity index (χ0v) is 11.5. The van der Waals surface area contributed by atoms with Gasteiger partial charge in [0.15, 0.2) is 0 Å². The summed E-state index contributed by atoms with van der Waals surface area (Å²) >= 11 is 0. The molecule has 5 heteroatoms. The van der Waals surface area contributed by atoms with Crippen LogP contribution in [0.4, 0.5) is 11.4 Å². The zero-order chi connectivity index (χ0) is 14.5. The molecule has 20 heavy (non-hydrogen) atoms. The topological polar surface area (TPSA) is 77.2 Å². The molecule has 3 N–H and O–H groups in total. The number of carbonyl (C=O) groups excluding carboxylic acids is 1. The summed E-state index contributed by atoms with van der Waals surface area (Å²) in [7, 11) is 1.35. The SMILES string of the molecule is COC(=O)c1cccc(N)c1NCc1ncccc1C. The Labute approximate surface area is 117 Å². The predicted octanol–water partition coefficient (Wildman–Crippen LogP) is 2.37. The Morgan fingerprint density at radius 2 is 2.15 bits per heavy atom. The van der Waals surface area contributed by atoms with E-state index in [1.807, 2.05) is 19.1 Å². The number of para-hydroxylation sites is 1. The molecule has 1 aromatic carbocycles. The van der Waals surface area contributed by atoms with Crippen molar-refractivity contribution in [3.05, 3.63) is 53.3 Å². The van der Waals surface area contributed by atoms with Gasteiger partial charge in [-0.25, -0.2) is 4.79 Å². The molecular weight excluding hydrogens is 254 g/mol. The molecule has 0 atom stereocenters. The van der Waals surface area contributed by atoms with E-state index in [1.165, 1.54) is 7.11 Å². The van der Waals surface area contributed by atoms with Crippen LogP contribution in [0.25, 0.3) is 0 Å². The Bertz CT molecular complexity index is 626. The van der Waals surface area contributed by atoms with Gasteiger partial charge in [0.2, 0.25) is 0 Å². The number of nitrogens with two attached hydrogens (primary N) is 1. The monoisotopic (exact) mass is 271 g/mol. The van der Waals surface area contributed by atoms with Gasteiger partial charge in [-0.2, -0.15) is 0 Å². The van der Waals surface area contributed by atoms with Gasteiger partial charge in [0, 0.05) is 6.20 Å². The molecule has 0 saturated heterocycles. The second kappa shape index (κ2) is 6.06. The largest absolute Gasteiger partial charge is 0.465 e. The van der Waals surface area contributed by atoms with Crippen LogP contribution < -0.4 is 11.1 Å². The van der Waals surface area contributed by atoms with Gasteiger partial charge in [0.05, 0.1) is 36.3 Å². The number of esters is 1. The van der Waals surface area contributed by atoms with Gasteiger partial charge in [0.1, 0.15) is 0 Å². The fourth-order valence-corrected chi connectivity index (χ4v) is 1.92. The molecule has 1 aromatic heterocycles. The van der Waals surface area contributed by atoms with Crippen molar-refractivity contribution in [3.63, 3.8) is 0 Å². The maximum Gasteiger partial charge on any atom is 0.340 e. The number of hydrogen-bond donors (Lipinski definition) is 2. The van der Waals surface area contributed by atoms with Crippen LogP contribution in [-0.4, -0.2) is 18.1 Å². The highest BCUT2D eigenvalue weighted by molar-refractivity contribution is 5.98. The van der Waals surface area contributed by atoms with E-state index in [-0.39, 0.29) is 0 Å². The van der Waals surface area contributed by atoms with Crippen LogP contribution in [0.5, 0.6) is 0 Å². The lowest BCUT2D eigenvalue weighted by atomic mass is 10.1. The molecule has 2 rings (SSSR count). The highest BCUT2D eigenvalue weighted by Gasteiger charge is 2.14. The van der Waals surface area contributed by atoms with Gasteiger partial charge in [-0.15, -0.1) is 0 Å². The first-order valence-corrected chi connectivity index (χ1v) is 6.24. The second-order valence-electron chi connectivity index (χ2n) is 4.38. The Hall–Kier alpha value is -2.56. The Morgan fingerprint density at radius 1 is 1.35 bits per heavy atom. The number of aryl methyl sites for hydroxylation is 1. The van der Waals surface area contributed by atoms with Crippen LogP contribution in [0.15, 0.2) is 36.5 Å². The van der Waals surface area contributed by atoms with Gasteiger partial charge >= 0.3 is 5.97 Å². The molecule has 1 heterocycles. The molecule has 0 radical (unpaired) electrons. The number of nitrogens with one attached hydrogen (secondary N) is 1. The van der Waals surface area contributed by atoms with Crippen molar-refractivity contribution in [1.82, 2.24) is 4.98 Å². The summed E-state index contributed by atoms with van der Waals surface area (Å²) in [5.41, 5.74) is 9.40. The summed E-state index contributed by atoms with van der Waals surface area (Å²) in [6, 6.07) is 9.00. The second-order valence-corrected chi connectivity index (χ2v) is 4.38. The summed E-state index contributed by atoms with van der Waals surface area (Å²) < 4.78 is 4.76. The molecule has 0 fully saturated rings. The van der Waals surface area contributed by atoms with Crippen LogP contribution >= 0.6 is 0 Å². The lowest BCUT2D eigenvalue weighted by Crippen LogP contribution is -2.11. The van der Waals surface area contributed by atoms with Crippen LogP contribution in [0.1, 0.15) is 21.6 Å². The number of nitrogen functional groups attached to an aromatic ring is 1. The van der Waals surface area contributed by atoms with Gasteiger partial charge in [0.25, 0.3) is 0 Å². The number of methoxy groups -OCH3 is 1. The summed E-state index contributed by atoms with van der Waals surface area (Å²) in [5, 5.41) is 3.17. The third kappa shape index (κ3) is 2.88. The van der Waals surface area contributed by atoms with Gasteiger partial charge < -0.3 is 15.8 Å². The highest BCUT2D eigenvalue weighted by atomic mass is 16.5. The van der Waals surface area contributed by atoms with Crippen LogP contribution in [0.2, 0.25) is 0 Å². The van der Waals surface area contributed by atoms with E-state index in [1.54, 1.807) is 24.4 Å². The molecule has 2 aromatic rings. The quantitative estimate of drug-likeness (QED) is 0.659. The molecular formula is C15H17N3O2. The van der Waals surface area contributed by atoms with Gasteiger partial charge in [-0.1, -0.05) is 12.1 Å². The molecule has 0 aliphatic rings. The molecule has 104 valence electrons. The van der Waals surface area contributed by atoms with Crippen molar-refractivity contribution in [1.29, 1.82) is 0 Å². The Kier molecular flexibility index (Phi) is 4.20. The van der Waals surface area contributed by atoms with Crippen LogP contribution in [0.3, 0.4) is 0 Å². The summed E-state index contributed by atoms with van der Waals surface area (Å²) in [4.78, 5) is 16.0. The van der Waals surface area contributed by atoms with E-state index in [4.69, 9.17) is 10.5 Å². The lowest BCUT2D eigenvalue weighted by molar-refractivity contribution is 0.0602. The number of pyridine rings is 1. The predicted molar refractivity (Wildman–Crippen MR) is 78.5 cm³/mol. The first-order valence-electron chi connectivity index (χ1n) is 6.24. The number of aromatic nitrogens is 1. The number of carbonyl (C=O) groups is 1. The van der Waals surface area contributed by atoms with Gasteiger partial charge in [-0.3, -0.25) is 4.98 Å². The number of nitrogens with zero attached hydrogens (tertiary/aromatic N) is 1. The van der Waals surface area contributed by atoms with Crippen LogP contribution in [0, 0.1) is 6.92 Å². The normalized spacial score (nSPS) is 10.1. The maximum absolute atomic E-state index is 11.7. The number of hydrogen-bond acceptors (Lipinski definition) is 5. The molecule has 0 unspecified atom stereocenters. The van der Waals surface area contributed by atoms with E-state index in [0.29, 0.717) is 23.5 Å². The minimum Gasteiger partial charge on any atom is -0.465 e. The van der Waals surface area contributed by atoms with Crippen molar-refractivity contribution in [2.45, 2.75) is 13.5 Å². The lowest BCUT2D eigenvalue weighted by Gasteiger charge is -2.13. The highest BCUT2D eigenvalue weighted by Crippen LogP contribution is 2.24. The molecule has 0 aliphatic heterocycles. The maximum atomic E-state index is 11.7. The first kappa shape index (κ1) is 13.9. The van der Waals surface area contributed by atoms with Crippen molar-refractivity contribution >= 4 is 17.3 Å². The third-order valence-electron chi connectivity index (χ3n) is 3.05. The molecule has 0 saturated carbocycles. The van der Waals surface area contributed by atoms with Crippen molar-refractivity contribution in [3.8, 4) is 0 Å². The van der Waals surface area contributed by atoms with E-state index < -0.39 is 5.97 Å². The van der Waals surface area contributed by atoms with E-state index in [0.717, 1.165) is 11.3 Å².